The zero-order chi connectivity index (χ0) is 20.0. The van der Waals surface area contributed by atoms with Crippen molar-refractivity contribution < 1.29 is 17.9 Å². The zero-order valence-corrected chi connectivity index (χ0v) is 18.6. The van der Waals surface area contributed by atoms with Gasteiger partial charge in [-0.2, -0.15) is 0 Å². The van der Waals surface area contributed by atoms with Crippen molar-refractivity contribution in [2.24, 2.45) is 5.92 Å². The predicted octanol–water partition coefficient (Wildman–Crippen LogP) is 2.12. The Morgan fingerprint density at radius 2 is 2.00 bits per heavy atom. The maximum Gasteiger partial charge on any atom is 0.208 e. The summed E-state index contributed by atoms with van der Waals surface area (Å²) in [5.74, 6) is 1.09. The Morgan fingerprint density at radius 3 is 2.57 bits per heavy atom. The number of benzene rings is 1. The molecule has 0 atom stereocenters. The van der Waals surface area contributed by atoms with Gasteiger partial charge in [-0.05, 0) is 37.9 Å². The van der Waals surface area contributed by atoms with Gasteiger partial charge in [0.05, 0.1) is 24.1 Å². The molecule has 1 aromatic carbocycles. The number of rotatable bonds is 9. The van der Waals surface area contributed by atoms with Crippen LogP contribution in [0.2, 0.25) is 5.02 Å². The van der Waals surface area contributed by atoms with Crippen molar-refractivity contribution in [1.82, 2.24) is 9.62 Å². The first-order chi connectivity index (χ1) is 12.7. The quantitative estimate of drug-likeness (QED) is 0.555. The molecule has 1 aliphatic rings. The van der Waals surface area contributed by atoms with Crippen molar-refractivity contribution in [2.75, 3.05) is 45.3 Å². The minimum Gasteiger partial charge on any atom is -0.496 e. The Balaban J connectivity index is 0.00000392. The molecule has 0 spiro atoms. The van der Waals surface area contributed by atoms with Crippen LogP contribution in [-0.2, 0) is 21.2 Å². The van der Waals surface area contributed by atoms with Crippen LogP contribution in [0.15, 0.2) is 12.1 Å². The lowest BCUT2D eigenvalue weighted by atomic mass is 9.90. The first-order valence-corrected chi connectivity index (χ1v) is 11.3. The molecule has 0 unspecified atom stereocenters. The molecule has 1 fully saturated rings. The summed E-state index contributed by atoms with van der Waals surface area (Å²) in [4.78, 5) is 14.7. The average Bonchev–Trinajstić information content (AvgIpc) is 2.58. The Labute approximate surface area is 178 Å². The van der Waals surface area contributed by atoms with Crippen LogP contribution in [0.25, 0.3) is 0 Å². The molecule has 0 aromatic heterocycles. The lowest BCUT2D eigenvalue weighted by molar-refractivity contribution is -0.119. The van der Waals surface area contributed by atoms with Gasteiger partial charge in [0.25, 0.3) is 0 Å². The topological polar surface area (TPSA) is 102 Å². The smallest absolute Gasteiger partial charge is 0.208 e. The van der Waals surface area contributed by atoms with E-state index in [0.717, 1.165) is 37.8 Å². The van der Waals surface area contributed by atoms with Gasteiger partial charge in [-0.25, -0.2) is 13.1 Å². The summed E-state index contributed by atoms with van der Waals surface area (Å²) in [6.07, 6.45) is 3.84. The fraction of sp³-hybridized carbons (Fsp3) is 0.611. The molecular formula is C18H29Cl2N3O4S. The number of methoxy groups -OCH3 is 1. The summed E-state index contributed by atoms with van der Waals surface area (Å²) >= 11 is 6.06. The minimum absolute atomic E-state index is 0. The Hall–Kier alpha value is -1.06. The van der Waals surface area contributed by atoms with E-state index in [1.54, 1.807) is 19.2 Å². The summed E-state index contributed by atoms with van der Waals surface area (Å²) in [7, 11) is -1.60. The van der Waals surface area contributed by atoms with Crippen LogP contribution in [0.5, 0.6) is 5.75 Å². The maximum absolute atomic E-state index is 12.5. The molecule has 7 nitrogen and oxygen atoms in total. The highest BCUT2D eigenvalue weighted by atomic mass is 35.5. The summed E-state index contributed by atoms with van der Waals surface area (Å²) in [5.41, 5.74) is 6.97. The number of nitrogens with zero attached hydrogens (tertiary/aromatic N) is 1. The molecule has 28 heavy (non-hydrogen) atoms. The molecule has 0 amide bonds. The normalized spacial score (nSPS) is 15.8. The largest absolute Gasteiger partial charge is 0.496 e. The third-order valence-electron chi connectivity index (χ3n) is 4.80. The standard InChI is InChI=1S/C18H28ClN3O4S.ClH/c1-26-18-12-17(20)16(19)11-14(18)10-15(23)9-13-3-6-22(7-4-13)8-5-21-27(2,24)25;/h11-13,21H,3-10,20H2,1-2H3;1H. The number of ketones is 1. The van der Waals surface area contributed by atoms with E-state index < -0.39 is 10.0 Å². The number of anilines is 1. The van der Waals surface area contributed by atoms with E-state index in [2.05, 4.69) is 9.62 Å². The first-order valence-electron chi connectivity index (χ1n) is 8.98. The van der Waals surface area contributed by atoms with Gasteiger partial charge in [0.1, 0.15) is 11.5 Å². The molecule has 1 aromatic rings. The van der Waals surface area contributed by atoms with Crippen LogP contribution in [0.4, 0.5) is 5.69 Å². The molecule has 0 radical (unpaired) electrons. The van der Waals surface area contributed by atoms with E-state index in [0.29, 0.717) is 41.9 Å². The van der Waals surface area contributed by atoms with Crippen molar-refractivity contribution >= 4 is 45.5 Å². The zero-order valence-electron chi connectivity index (χ0n) is 16.2. The van der Waals surface area contributed by atoms with E-state index in [-0.39, 0.29) is 24.6 Å². The molecule has 1 aliphatic heterocycles. The van der Waals surface area contributed by atoms with Crippen LogP contribution in [-0.4, -0.2) is 58.6 Å². The molecule has 2 rings (SSSR count). The van der Waals surface area contributed by atoms with E-state index in [1.165, 1.54) is 0 Å². The van der Waals surface area contributed by atoms with Gasteiger partial charge in [0, 0.05) is 37.6 Å². The molecule has 0 aliphatic carbocycles. The molecule has 1 heterocycles. The number of sulfonamides is 1. The second kappa shape index (κ2) is 11.2. The molecule has 0 saturated carbocycles. The van der Waals surface area contributed by atoms with Crippen molar-refractivity contribution in [1.29, 1.82) is 0 Å². The number of ether oxygens (including phenoxy) is 1. The number of likely N-dealkylation sites (tertiary alicyclic amines) is 1. The number of Topliss-reactive ketones (excluding diaryl/α,β-unsaturated/α-hetero) is 1. The summed E-state index contributed by atoms with van der Waals surface area (Å²) in [6, 6.07) is 3.35. The van der Waals surface area contributed by atoms with Crippen LogP contribution < -0.4 is 15.2 Å². The van der Waals surface area contributed by atoms with E-state index in [4.69, 9.17) is 22.1 Å². The Kier molecular flexibility index (Phi) is 10.00. The van der Waals surface area contributed by atoms with Crippen molar-refractivity contribution in [3.8, 4) is 5.75 Å². The number of piperidine rings is 1. The Morgan fingerprint density at radius 1 is 1.36 bits per heavy atom. The monoisotopic (exact) mass is 453 g/mol. The van der Waals surface area contributed by atoms with E-state index in [1.807, 2.05) is 0 Å². The predicted molar refractivity (Wildman–Crippen MR) is 115 cm³/mol. The van der Waals surface area contributed by atoms with Crippen molar-refractivity contribution in [3.05, 3.63) is 22.7 Å². The van der Waals surface area contributed by atoms with Crippen LogP contribution in [0, 0.1) is 5.92 Å². The van der Waals surface area contributed by atoms with Crippen molar-refractivity contribution in [3.63, 3.8) is 0 Å². The third-order valence-corrected chi connectivity index (χ3v) is 5.86. The molecule has 160 valence electrons. The van der Waals surface area contributed by atoms with Crippen molar-refractivity contribution in [2.45, 2.75) is 25.7 Å². The highest BCUT2D eigenvalue weighted by Gasteiger charge is 2.22. The lowest BCUT2D eigenvalue weighted by Gasteiger charge is -2.31. The number of nitrogens with two attached hydrogens (primary N) is 1. The summed E-state index contributed by atoms with van der Waals surface area (Å²) < 4.78 is 30.0. The van der Waals surface area contributed by atoms with Gasteiger partial charge in [-0.3, -0.25) is 4.79 Å². The van der Waals surface area contributed by atoms with Gasteiger partial charge in [0.2, 0.25) is 10.0 Å². The first kappa shape index (κ1) is 25.0. The molecular weight excluding hydrogens is 425 g/mol. The number of hydrogen-bond acceptors (Lipinski definition) is 6. The summed E-state index contributed by atoms with van der Waals surface area (Å²) in [6.45, 7) is 2.86. The number of carbonyl (C=O) groups excluding carboxylic acids is 1. The number of halogens is 2. The molecule has 3 N–H and O–H groups in total. The number of hydrogen-bond donors (Lipinski definition) is 2. The Bertz CT molecular complexity index is 766. The second-order valence-corrected chi connectivity index (χ2v) is 9.30. The van der Waals surface area contributed by atoms with Crippen LogP contribution in [0.1, 0.15) is 24.8 Å². The fourth-order valence-corrected chi connectivity index (χ4v) is 4.00. The SMILES string of the molecule is COc1cc(N)c(Cl)cc1CC(=O)CC1CCN(CCNS(C)(=O)=O)CC1.Cl. The number of nitrogen functional groups attached to an aromatic ring is 1. The van der Waals surface area contributed by atoms with Crippen LogP contribution >= 0.6 is 24.0 Å². The molecule has 10 heteroatoms. The highest BCUT2D eigenvalue weighted by molar-refractivity contribution is 7.88. The highest BCUT2D eigenvalue weighted by Crippen LogP contribution is 2.30. The number of carbonyl (C=O) groups is 1. The van der Waals surface area contributed by atoms with Crippen LogP contribution in [0.3, 0.4) is 0 Å². The van der Waals surface area contributed by atoms with Gasteiger partial charge in [-0.1, -0.05) is 11.6 Å². The number of nitrogens with one attached hydrogen (secondary N) is 1. The maximum atomic E-state index is 12.5. The molecule has 0 bridgehead atoms. The van der Waals surface area contributed by atoms with Gasteiger partial charge < -0.3 is 15.4 Å². The van der Waals surface area contributed by atoms with Gasteiger partial charge in [0.15, 0.2) is 0 Å². The second-order valence-electron chi connectivity index (χ2n) is 7.06. The lowest BCUT2D eigenvalue weighted by Crippen LogP contribution is -2.39. The van der Waals surface area contributed by atoms with E-state index in [9.17, 15) is 13.2 Å². The van der Waals surface area contributed by atoms with Gasteiger partial charge >= 0.3 is 0 Å². The third kappa shape index (κ3) is 8.13. The fourth-order valence-electron chi connectivity index (χ4n) is 3.35. The minimum atomic E-state index is -3.14. The van der Waals surface area contributed by atoms with E-state index >= 15 is 0 Å². The van der Waals surface area contributed by atoms with Gasteiger partial charge in [-0.15, -0.1) is 12.4 Å². The molecule has 1 saturated heterocycles. The summed E-state index contributed by atoms with van der Waals surface area (Å²) in [5, 5.41) is 0.426. The average molecular weight is 454 g/mol.